The van der Waals surface area contributed by atoms with Crippen molar-refractivity contribution in [1.29, 1.82) is 5.26 Å². The van der Waals surface area contributed by atoms with Crippen LogP contribution in [0.4, 0.5) is 21.9 Å². The number of halogens is 1. The molecule has 0 atom stereocenters. The van der Waals surface area contributed by atoms with Crippen LogP contribution < -0.4 is 21.5 Å². The number of aryl methyl sites for hydroxylation is 1. The van der Waals surface area contributed by atoms with Crippen molar-refractivity contribution in [2.24, 2.45) is 7.05 Å². The van der Waals surface area contributed by atoms with E-state index in [1.807, 2.05) is 6.07 Å². The summed E-state index contributed by atoms with van der Waals surface area (Å²) in [5, 5.41) is 19.0. The van der Waals surface area contributed by atoms with Crippen LogP contribution in [0.2, 0.25) is 5.15 Å². The van der Waals surface area contributed by atoms with Crippen molar-refractivity contribution in [3.8, 4) is 6.07 Å². The summed E-state index contributed by atoms with van der Waals surface area (Å²) in [6, 6.07) is 8.82. The standard InChI is InChI=1S/C26H29ClN6O5/c1-6-37-24(35)20-21(29-11-12-31-25(36)38-26(2,3)4)16-13-15(7-8-19(16)33(5)23(20)34)32-18-9-10-30-22(27)17(18)14-28/h7-10,13,29H,6,11-12H2,1-5H3,(H,30,32)(H,31,36). The maximum absolute atomic E-state index is 13.2. The first-order chi connectivity index (χ1) is 18.0. The van der Waals surface area contributed by atoms with Gasteiger partial charge < -0.3 is 30.0 Å². The van der Waals surface area contributed by atoms with Gasteiger partial charge in [0.25, 0.3) is 5.56 Å². The van der Waals surface area contributed by atoms with Gasteiger partial charge in [-0.1, -0.05) is 11.6 Å². The number of alkyl carbamates (subject to hydrolysis) is 1. The normalized spacial score (nSPS) is 11.0. The number of amides is 1. The molecule has 1 amide bonds. The zero-order chi connectivity index (χ0) is 28.0. The van der Waals surface area contributed by atoms with Crippen molar-refractivity contribution in [2.45, 2.75) is 33.3 Å². The zero-order valence-electron chi connectivity index (χ0n) is 21.8. The number of rotatable bonds is 8. The summed E-state index contributed by atoms with van der Waals surface area (Å²) in [5.74, 6) is -0.774. The molecule has 0 aliphatic rings. The Labute approximate surface area is 224 Å². The molecule has 11 nitrogen and oxygen atoms in total. The average Bonchev–Trinajstić information content (AvgIpc) is 2.84. The molecule has 1 aromatic carbocycles. The second-order valence-electron chi connectivity index (χ2n) is 9.18. The van der Waals surface area contributed by atoms with E-state index in [4.69, 9.17) is 21.1 Å². The lowest BCUT2D eigenvalue weighted by atomic mass is 10.1. The van der Waals surface area contributed by atoms with E-state index in [0.717, 1.165) is 0 Å². The fraction of sp³-hybridized carbons (Fsp3) is 0.346. The molecular weight excluding hydrogens is 512 g/mol. The summed E-state index contributed by atoms with van der Waals surface area (Å²) >= 11 is 6.06. The van der Waals surface area contributed by atoms with Crippen molar-refractivity contribution >= 4 is 51.6 Å². The van der Waals surface area contributed by atoms with Gasteiger partial charge in [0.15, 0.2) is 0 Å². The Morgan fingerprint density at radius 2 is 1.95 bits per heavy atom. The van der Waals surface area contributed by atoms with Crippen molar-refractivity contribution < 1.29 is 19.1 Å². The third-order valence-electron chi connectivity index (χ3n) is 5.27. The quantitative estimate of drug-likeness (QED) is 0.216. The van der Waals surface area contributed by atoms with Gasteiger partial charge in [-0.25, -0.2) is 14.6 Å². The summed E-state index contributed by atoms with van der Waals surface area (Å²) in [7, 11) is 1.56. The Bertz CT molecular complexity index is 1470. The molecule has 200 valence electrons. The largest absolute Gasteiger partial charge is 0.462 e. The minimum Gasteiger partial charge on any atom is -0.462 e. The van der Waals surface area contributed by atoms with Gasteiger partial charge in [0.1, 0.15) is 28.0 Å². The lowest BCUT2D eigenvalue weighted by Crippen LogP contribution is -2.35. The van der Waals surface area contributed by atoms with Crippen LogP contribution >= 0.6 is 11.6 Å². The van der Waals surface area contributed by atoms with Crippen LogP contribution in [-0.4, -0.2) is 46.9 Å². The maximum Gasteiger partial charge on any atom is 0.407 e. The molecule has 0 unspecified atom stereocenters. The van der Waals surface area contributed by atoms with Crippen LogP contribution in [0.5, 0.6) is 0 Å². The van der Waals surface area contributed by atoms with Gasteiger partial charge in [0.05, 0.1) is 23.5 Å². The average molecular weight is 541 g/mol. The molecule has 0 aliphatic carbocycles. The second kappa shape index (κ2) is 11.8. The Kier molecular flexibility index (Phi) is 8.80. The van der Waals surface area contributed by atoms with Gasteiger partial charge in [-0.3, -0.25) is 4.79 Å². The number of anilines is 3. The Hall–Kier alpha value is -4.30. The predicted octanol–water partition coefficient (Wildman–Crippen LogP) is 4.32. The smallest absolute Gasteiger partial charge is 0.407 e. The molecule has 12 heteroatoms. The summed E-state index contributed by atoms with van der Waals surface area (Å²) < 4.78 is 11.8. The van der Waals surface area contributed by atoms with Crippen molar-refractivity contribution in [2.75, 3.05) is 30.3 Å². The van der Waals surface area contributed by atoms with Gasteiger partial charge in [0, 0.05) is 37.4 Å². The molecule has 3 N–H and O–H groups in total. The molecule has 2 aromatic heterocycles. The summed E-state index contributed by atoms with van der Waals surface area (Å²) in [6.07, 6.45) is 0.884. The van der Waals surface area contributed by atoms with Crippen LogP contribution in [0.1, 0.15) is 43.6 Å². The van der Waals surface area contributed by atoms with Crippen LogP contribution in [0, 0.1) is 11.3 Å². The number of carbonyl (C=O) groups is 2. The summed E-state index contributed by atoms with van der Waals surface area (Å²) in [4.78, 5) is 41.9. The molecule has 0 fully saturated rings. The van der Waals surface area contributed by atoms with Crippen LogP contribution in [-0.2, 0) is 16.5 Å². The zero-order valence-corrected chi connectivity index (χ0v) is 22.5. The van der Waals surface area contributed by atoms with Crippen LogP contribution in [0.3, 0.4) is 0 Å². The molecule has 3 rings (SSSR count). The predicted molar refractivity (Wildman–Crippen MR) is 145 cm³/mol. The second-order valence-corrected chi connectivity index (χ2v) is 9.54. The SMILES string of the molecule is CCOC(=O)c1c(NCCNC(=O)OC(C)(C)C)c2cc(Nc3ccnc(Cl)c3C#N)ccc2n(C)c1=O. The number of esters is 1. The topological polar surface area (TPSA) is 147 Å². The molecule has 0 aliphatic heterocycles. The molecule has 3 aromatic rings. The van der Waals surface area contributed by atoms with E-state index in [0.29, 0.717) is 22.3 Å². The number of pyridine rings is 2. The number of hydrogen-bond donors (Lipinski definition) is 3. The van der Waals surface area contributed by atoms with E-state index in [2.05, 4.69) is 20.9 Å². The van der Waals surface area contributed by atoms with Gasteiger partial charge in [-0.05, 0) is 52.0 Å². The molecule has 0 radical (unpaired) electrons. The van der Waals surface area contributed by atoms with Gasteiger partial charge in [0.2, 0.25) is 0 Å². The number of ether oxygens (including phenoxy) is 2. The fourth-order valence-corrected chi connectivity index (χ4v) is 3.87. The number of nitrogens with zero attached hydrogens (tertiary/aromatic N) is 3. The highest BCUT2D eigenvalue weighted by molar-refractivity contribution is 6.31. The molecule has 0 bridgehead atoms. The first-order valence-corrected chi connectivity index (χ1v) is 12.2. The van der Waals surface area contributed by atoms with E-state index in [9.17, 15) is 19.6 Å². The number of fused-ring (bicyclic) bond motifs is 1. The molecule has 0 saturated carbocycles. The van der Waals surface area contributed by atoms with E-state index in [1.165, 1.54) is 10.8 Å². The van der Waals surface area contributed by atoms with Gasteiger partial charge in [-0.2, -0.15) is 5.26 Å². The van der Waals surface area contributed by atoms with Crippen molar-refractivity contribution in [3.63, 3.8) is 0 Å². The third kappa shape index (κ3) is 6.52. The monoisotopic (exact) mass is 540 g/mol. The lowest BCUT2D eigenvalue weighted by molar-refractivity contribution is 0.0515. The molecular formula is C26H29ClN6O5. The highest BCUT2D eigenvalue weighted by Gasteiger charge is 2.23. The lowest BCUT2D eigenvalue weighted by Gasteiger charge is -2.20. The Morgan fingerprint density at radius 3 is 2.61 bits per heavy atom. The highest BCUT2D eigenvalue weighted by Crippen LogP contribution is 2.31. The molecule has 2 heterocycles. The first-order valence-electron chi connectivity index (χ1n) is 11.8. The minimum absolute atomic E-state index is 0.0603. The van der Waals surface area contributed by atoms with Crippen LogP contribution in [0.25, 0.3) is 10.9 Å². The fourth-order valence-electron chi connectivity index (χ4n) is 3.67. The van der Waals surface area contributed by atoms with E-state index in [-0.39, 0.29) is 41.7 Å². The maximum atomic E-state index is 13.2. The van der Waals surface area contributed by atoms with Crippen molar-refractivity contribution in [3.05, 3.63) is 57.1 Å². The van der Waals surface area contributed by atoms with Crippen molar-refractivity contribution in [1.82, 2.24) is 14.9 Å². The number of benzene rings is 1. The summed E-state index contributed by atoms with van der Waals surface area (Å²) in [5.41, 5.74) is 0.637. The summed E-state index contributed by atoms with van der Waals surface area (Å²) in [6.45, 7) is 7.35. The first kappa shape index (κ1) is 28.3. The number of aromatic nitrogens is 2. The third-order valence-corrected chi connectivity index (χ3v) is 5.55. The van der Waals surface area contributed by atoms with E-state index in [1.54, 1.807) is 59.0 Å². The molecule has 38 heavy (non-hydrogen) atoms. The van der Waals surface area contributed by atoms with E-state index >= 15 is 0 Å². The number of carbonyl (C=O) groups excluding carboxylic acids is 2. The Morgan fingerprint density at radius 1 is 1.21 bits per heavy atom. The van der Waals surface area contributed by atoms with Gasteiger partial charge in [-0.15, -0.1) is 0 Å². The Balaban J connectivity index is 2.03. The van der Waals surface area contributed by atoms with E-state index < -0.39 is 23.2 Å². The minimum atomic E-state index is -0.774. The molecule has 0 saturated heterocycles. The number of nitrogens with one attached hydrogen (secondary N) is 3. The number of nitriles is 1. The van der Waals surface area contributed by atoms with Crippen LogP contribution in [0.15, 0.2) is 35.3 Å². The molecule has 0 spiro atoms. The number of hydrogen-bond acceptors (Lipinski definition) is 9. The highest BCUT2D eigenvalue weighted by atomic mass is 35.5. The van der Waals surface area contributed by atoms with Gasteiger partial charge >= 0.3 is 12.1 Å².